The predicted octanol–water partition coefficient (Wildman–Crippen LogP) is 2.13. The molecule has 1 aromatic carbocycles. The van der Waals surface area contributed by atoms with Gasteiger partial charge >= 0.3 is 5.97 Å². The van der Waals surface area contributed by atoms with Crippen LogP contribution in [0.2, 0.25) is 5.02 Å². The van der Waals surface area contributed by atoms with E-state index in [9.17, 15) is 4.79 Å². The van der Waals surface area contributed by atoms with Crippen molar-refractivity contribution in [2.75, 3.05) is 14.2 Å². The topological polar surface area (TPSA) is 56.2 Å². The van der Waals surface area contributed by atoms with Gasteiger partial charge in [-0.15, -0.1) is 0 Å². The van der Waals surface area contributed by atoms with Gasteiger partial charge in [0.05, 0.1) is 24.4 Å². The van der Waals surface area contributed by atoms with Gasteiger partial charge in [-0.05, 0) is 19.5 Å². The third-order valence-corrected chi connectivity index (χ3v) is 3.88. The van der Waals surface area contributed by atoms with Crippen LogP contribution in [0.1, 0.15) is 11.3 Å². The molecule has 1 atom stereocenters. The Labute approximate surface area is 128 Å². The van der Waals surface area contributed by atoms with Crippen molar-refractivity contribution in [1.29, 1.82) is 0 Å². The number of likely N-dealkylation sites (N-methyl/N-ethyl adjacent to an activating group) is 1. The molecule has 1 unspecified atom stereocenters. The first-order valence-corrected chi connectivity index (χ1v) is 6.93. The first-order valence-electron chi connectivity index (χ1n) is 6.56. The van der Waals surface area contributed by atoms with Crippen molar-refractivity contribution in [2.45, 2.75) is 19.0 Å². The molecule has 6 heteroatoms. The standard InChI is InChI=1S/C15H18ClN3O2/c1-11-13(16)9-19(18-11)10-15(17-2,14(20)21-3)12-7-5-4-6-8-12/h4-9,17H,10H2,1-3H3. The van der Waals surface area contributed by atoms with Gasteiger partial charge in [-0.1, -0.05) is 41.9 Å². The van der Waals surface area contributed by atoms with Crippen LogP contribution >= 0.6 is 11.6 Å². The van der Waals surface area contributed by atoms with E-state index in [-0.39, 0.29) is 12.5 Å². The molecule has 0 fully saturated rings. The summed E-state index contributed by atoms with van der Waals surface area (Å²) in [6.07, 6.45) is 1.70. The van der Waals surface area contributed by atoms with Crippen LogP contribution in [0.15, 0.2) is 36.5 Å². The summed E-state index contributed by atoms with van der Waals surface area (Å²) in [5.74, 6) is -0.375. The lowest BCUT2D eigenvalue weighted by Crippen LogP contribution is -2.51. The summed E-state index contributed by atoms with van der Waals surface area (Å²) in [5.41, 5.74) is 0.515. The lowest BCUT2D eigenvalue weighted by molar-refractivity contribution is -0.149. The molecule has 0 aliphatic carbocycles. The minimum absolute atomic E-state index is 0.285. The molecule has 2 rings (SSSR count). The van der Waals surface area contributed by atoms with Gasteiger partial charge in [-0.2, -0.15) is 5.10 Å². The summed E-state index contributed by atoms with van der Waals surface area (Å²) < 4.78 is 6.65. The molecule has 0 radical (unpaired) electrons. The zero-order valence-electron chi connectivity index (χ0n) is 12.3. The largest absolute Gasteiger partial charge is 0.467 e. The average molecular weight is 308 g/mol. The first-order chi connectivity index (χ1) is 10.0. The monoisotopic (exact) mass is 307 g/mol. The van der Waals surface area contributed by atoms with Crippen LogP contribution in [0.3, 0.4) is 0 Å². The summed E-state index contributed by atoms with van der Waals surface area (Å²) in [7, 11) is 3.10. The van der Waals surface area contributed by atoms with Crippen LogP contribution < -0.4 is 5.32 Å². The molecule has 0 saturated heterocycles. The van der Waals surface area contributed by atoms with Crippen LogP contribution in [-0.2, 0) is 21.6 Å². The predicted molar refractivity (Wildman–Crippen MR) is 81.2 cm³/mol. The molecular weight excluding hydrogens is 290 g/mol. The fourth-order valence-electron chi connectivity index (χ4n) is 2.31. The number of nitrogens with zero attached hydrogens (tertiary/aromatic N) is 2. The number of ether oxygens (including phenoxy) is 1. The van der Waals surface area contributed by atoms with Gasteiger partial charge in [0.2, 0.25) is 0 Å². The Bertz CT molecular complexity index is 608. The van der Waals surface area contributed by atoms with Gasteiger partial charge in [0.15, 0.2) is 5.54 Å². The molecule has 0 aliphatic rings. The van der Waals surface area contributed by atoms with Gasteiger partial charge in [-0.3, -0.25) is 10.00 Å². The van der Waals surface area contributed by atoms with Gasteiger partial charge in [0.1, 0.15) is 0 Å². The van der Waals surface area contributed by atoms with E-state index in [1.807, 2.05) is 37.3 Å². The number of rotatable bonds is 5. The number of hydrogen-bond donors (Lipinski definition) is 1. The number of carbonyl (C=O) groups is 1. The average Bonchev–Trinajstić information content (AvgIpc) is 2.83. The number of carbonyl (C=O) groups excluding carboxylic acids is 1. The first kappa shape index (κ1) is 15.5. The van der Waals surface area contributed by atoms with E-state index in [1.165, 1.54) is 7.11 Å². The van der Waals surface area contributed by atoms with Crippen molar-refractivity contribution in [3.05, 3.63) is 52.8 Å². The van der Waals surface area contributed by atoms with Crippen LogP contribution in [0.4, 0.5) is 0 Å². The van der Waals surface area contributed by atoms with Crippen molar-refractivity contribution in [1.82, 2.24) is 15.1 Å². The SMILES string of the molecule is CNC(Cn1cc(Cl)c(C)n1)(C(=O)OC)c1ccccc1. The number of nitrogens with one attached hydrogen (secondary N) is 1. The fraction of sp³-hybridized carbons (Fsp3) is 0.333. The van der Waals surface area contributed by atoms with E-state index in [4.69, 9.17) is 16.3 Å². The third kappa shape index (κ3) is 2.94. The van der Waals surface area contributed by atoms with Crippen molar-refractivity contribution in [2.24, 2.45) is 0 Å². The maximum Gasteiger partial charge on any atom is 0.332 e. The zero-order chi connectivity index (χ0) is 15.5. The Morgan fingerprint density at radius 3 is 2.57 bits per heavy atom. The van der Waals surface area contributed by atoms with Gasteiger partial charge in [0, 0.05) is 6.20 Å². The Kier molecular flexibility index (Phi) is 4.65. The van der Waals surface area contributed by atoms with E-state index in [0.29, 0.717) is 5.02 Å². The molecule has 0 spiro atoms. The number of esters is 1. The summed E-state index contributed by atoms with van der Waals surface area (Å²) in [5, 5.41) is 7.97. The van der Waals surface area contributed by atoms with Gasteiger partial charge < -0.3 is 4.74 Å². The van der Waals surface area contributed by atoms with Crippen LogP contribution in [-0.4, -0.2) is 29.9 Å². The molecule has 0 bridgehead atoms. The maximum absolute atomic E-state index is 12.4. The van der Waals surface area contributed by atoms with Crippen molar-refractivity contribution < 1.29 is 9.53 Å². The molecule has 5 nitrogen and oxygen atoms in total. The lowest BCUT2D eigenvalue weighted by Gasteiger charge is -2.31. The number of methoxy groups -OCH3 is 1. The van der Waals surface area contributed by atoms with Crippen molar-refractivity contribution in [3.8, 4) is 0 Å². The summed E-state index contributed by atoms with van der Waals surface area (Å²) in [6.45, 7) is 2.11. The highest BCUT2D eigenvalue weighted by Gasteiger charge is 2.41. The van der Waals surface area contributed by atoms with E-state index in [1.54, 1.807) is 17.9 Å². The van der Waals surface area contributed by atoms with Gasteiger partial charge in [-0.25, -0.2) is 4.79 Å². The maximum atomic E-state index is 12.4. The number of benzene rings is 1. The van der Waals surface area contributed by atoms with Crippen LogP contribution in [0.5, 0.6) is 0 Å². The number of aromatic nitrogens is 2. The van der Waals surface area contributed by atoms with E-state index in [2.05, 4.69) is 10.4 Å². The normalized spacial score (nSPS) is 13.7. The van der Waals surface area contributed by atoms with Crippen LogP contribution in [0.25, 0.3) is 0 Å². The molecule has 1 heterocycles. The molecule has 0 saturated carbocycles. The molecule has 1 aromatic heterocycles. The van der Waals surface area contributed by atoms with Crippen molar-refractivity contribution >= 4 is 17.6 Å². The van der Waals surface area contributed by atoms with Gasteiger partial charge in [0.25, 0.3) is 0 Å². The van der Waals surface area contributed by atoms with E-state index >= 15 is 0 Å². The Morgan fingerprint density at radius 2 is 2.10 bits per heavy atom. The minimum Gasteiger partial charge on any atom is -0.467 e. The second-order valence-electron chi connectivity index (χ2n) is 4.77. The van der Waals surface area contributed by atoms with Crippen LogP contribution in [0, 0.1) is 6.92 Å². The summed E-state index contributed by atoms with van der Waals surface area (Å²) in [4.78, 5) is 12.4. The van der Waals surface area contributed by atoms with Crippen molar-refractivity contribution in [3.63, 3.8) is 0 Å². The smallest absolute Gasteiger partial charge is 0.332 e. The highest BCUT2D eigenvalue weighted by Crippen LogP contribution is 2.25. The summed E-state index contributed by atoms with van der Waals surface area (Å²) >= 11 is 6.04. The molecule has 112 valence electrons. The number of hydrogen-bond acceptors (Lipinski definition) is 4. The lowest BCUT2D eigenvalue weighted by atomic mass is 9.90. The zero-order valence-corrected chi connectivity index (χ0v) is 13.0. The third-order valence-electron chi connectivity index (χ3n) is 3.51. The minimum atomic E-state index is -1.02. The molecule has 1 N–H and O–H groups in total. The highest BCUT2D eigenvalue weighted by atomic mass is 35.5. The highest BCUT2D eigenvalue weighted by molar-refractivity contribution is 6.31. The molecule has 0 aliphatic heterocycles. The molecule has 2 aromatic rings. The number of aryl methyl sites for hydroxylation is 1. The van der Waals surface area contributed by atoms with E-state index < -0.39 is 5.54 Å². The second-order valence-corrected chi connectivity index (χ2v) is 5.18. The fourth-order valence-corrected chi connectivity index (χ4v) is 2.46. The molecule has 0 amide bonds. The second kappa shape index (κ2) is 6.28. The number of halogens is 1. The molecular formula is C15H18ClN3O2. The quantitative estimate of drug-likeness (QED) is 0.860. The summed E-state index contributed by atoms with van der Waals surface area (Å²) in [6, 6.07) is 9.42. The molecule has 21 heavy (non-hydrogen) atoms. The van der Waals surface area contributed by atoms with E-state index in [0.717, 1.165) is 11.3 Å². The Hall–Kier alpha value is -1.85. The Balaban J connectivity index is 2.47. The Morgan fingerprint density at radius 1 is 1.43 bits per heavy atom.